The first-order valence-electron chi connectivity index (χ1n) is 9.20. The number of hydrogen-bond acceptors (Lipinski definition) is 3. The van der Waals surface area contributed by atoms with E-state index >= 15 is 0 Å². The van der Waals surface area contributed by atoms with Crippen LogP contribution in [0.4, 0.5) is 5.69 Å². The van der Waals surface area contributed by atoms with Crippen LogP contribution >= 0.6 is 0 Å². The maximum Gasteiger partial charge on any atom is 0.274 e. The standard InChI is InChI=1S/C21H25N3O2/c1-14-8-6-9-15(2)19(14)24-21(26)18-13-7-12-17(23-18)20(25)22-16-10-4-3-5-11-16/h6-9,12-13,16H,3-5,10-11H2,1-2H3,(H,22,25)(H,24,26). The molecular formula is C21H25N3O2. The van der Waals surface area contributed by atoms with Gasteiger partial charge in [-0.05, 0) is 49.9 Å². The highest BCUT2D eigenvalue weighted by molar-refractivity contribution is 6.04. The van der Waals surface area contributed by atoms with Crippen LogP contribution in [0.3, 0.4) is 0 Å². The molecule has 5 heteroatoms. The van der Waals surface area contributed by atoms with Gasteiger partial charge in [-0.25, -0.2) is 4.98 Å². The van der Waals surface area contributed by atoms with Gasteiger partial charge in [0.2, 0.25) is 0 Å². The molecule has 1 fully saturated rings. The third-order valence-electron chi connectivity index (χ3n) is 4.87. The second-order valence-electron chi connectivity index (χ2n) is 6.94. The smallest absolute Gasteiger partial charge is 0.274 e. The first-order valence-corrected chi connectivity index (χ1v) is 9.20. The molecule has 3 rings (SSSR count). The van der Waals surface area contributed by atoms with Crippen LogP contribution in [0.15, 0.2) is 36.4 Å². The molecule has 2 aromatic rings. The van der Waals surface area contributed by atoms with Crippen molar-refractivity contribution in [3.05, 3.63) is 58.9 Å². The van der Waals surface area contributed by atoms with Crippen molar-refractivity contribution in [1.82, 2.24) is 10.3 Å². The van der Waals surface area contributed by atoms with Crippen LogP contribution < -0.4 is 10.6 Å². The molecule has 0 radical (unpaired) electrons. The molecular weight excluding hydrogens is 326 g/mol. The van der Waals surface area contributed by atoms with Gasteiger partial charge in [-0.2, -0.15) is 0 Å². The summed E-state index contributed by atoms with van der Waals surface area (Å²) in [6.07, 6.45) is 5.56. The fourth-order valence-electron chi connectivity index (χ4n) is 3.38. The predicted octanol–water partition coefficient (Wildman–Crippen LogP) is 4.01. The second-order valence-corrected chi connectivity index (χ2v) is 6.94. The Morgan fingerprint density at radius 3 is 2.12 bits per heavy atom. The molecule has 5 nitrogen and oxygen atoms in total. The van der Waals surface area contributed by atoms with E-state index < -0.39 is 0 Å². The van der Waals surface area contributed by atoms with Gasteiger partial charge in [0.25, 0.3) is 11.8 Å². The first kappa shape index (κ1) is 18.1. The monoisotopic (exact) mass is 351 g/mol. The van der Waals surface area contributed by atoms with E-state index in [0.717, 1.165) is 42.5 Å². The molecule has 1 aliphatic carbocycles. The van der Waals surface area contributed by atoms with Gasteiger partial charge in [0, 0.05) is 11.7 Å². The zero-order valence-electron chi connectivity index (χ0n) is 15.3. The Hall–Kier alpha value is -2.69. The quantitative estimate of drug-likeness (QED) is 0.874. The Balaban J connectivity index is 1.72. The third kappa shape index (κ3) is 4.28. The number of carbonyl (C=O) groups excluding carboxylic acids is 2. The molecule has 2 amide bonds. The minimum atomic E-state index is -0.310. The maximum atomic E-state index is 12.6. The average Bonchev–Trinajstić information content (AvgIpc) is 2.65. The number of amides is 2. The molecule has 0 aliphatic heterocycles. The van der Waals surface area contributed by atoms with Gasteiger partial charge in [0.1, 0.15) is 11.4 Å². The normalized spacial score (nSPS) is 14.7. The molecule has 1 aromatic heterocycles. The number of nitrogens with one attached hydrogen (secondary N) is 2. The van der Waals surface area contributed by atoms with Gasteiger partial charge in [0.05, 0.1) is 0 Å². The summed E-state index contributed by atoms with van der Waals surface area (Å²) in [4.78, 5) is 29.3. The number of pyridine rings is 1. The summed E-state index contributed by atoms with van der Waals surface area (Å²) in [5.41, 5.74) is 3.29. The Bertz CT molecular complexity index is 790. The third-order valence-corrected chi connectivity index (χ3v) is 4.87. The Morgan fingerprint density at radius 1 is 0.885 bits per heavy atom. The summed E-state index contributed by atoms with van der Waals surface area (Å²) in [6, 6.07) is 11.0. The van der Waals surface area contributed by atoms with E-state index in [1.165, 1.54) is 6.42 Å². The van der Waals surface area contributed by atoms with Crippen molar-refractivity contribution in [3.8, 4) is 0 Å². The van der Waals surface area contributed by atoms with Crippen LogP contribution in [0.5, 0.6) is 0 Å². The molecule has 1 aliphatic rings. The van der Waals surface area contributed by atoms with Gasteiger partial charge in [0.15, 0.2) is 0 Å². The zero-order chi connectivity index (χ0) is 18.5. The van der Waals surface area contributed by atoms with E-state index in [1.807, 2.05) is 32.0 Å². The number of hydrogen-bond donors (Lipinski definition) is 2. The summed E-state index contributed by atoms with van der Waals surface area (Å²) >= 11 is 0. The lowest BCUT2D eigenvalue weighted by Crippen LogP contribution is -2.36. The van der Waals surface area contributed by atoms with Gasteiger partial charge in [-0.1, -0.05) is 43.5 Å². The van der Waals surface area contributed by atoms with E-state index in [0.29, 0.717) is 0 Å². The second kappa shape index (κ2) is 8.13. The highest BCUT2D eigenvalue weighted by Gasteiger charge is 2.18. The summed E-state index contributed by atoms with van der Waals surface area (Å²) in [7, 11) is 0. The largest absolute Gasteiger partial charge is 0.348 e. The molecule has 1 heterocycles. The summed E-state index contributed by atoms with van der Waals surface area (Å²) < 4.78 is 0. The van der Waals surface area contributed by atoms with Crippen molar-refractivity contribution in [2.24, 2.45) is 0 Å². The van der Waals surface area contributed by atoms with Crippen molar-refractivity contribution < 1.29 is 9.59 Å². The Morgan fingerprint density at radius 2 is 1.46 bits per heavy atom. The maximum absolute atomic E-state index is 12.6. The molecule has 0 unspecified atom stereocenters. The van der Waals surface area contributed by atoms with Crippen LogP contribution in [0, 0.1) is 13.8 Å². The number of aryl methyl sites for hydroxylation is 2. The van der Waals surface area contributed by atoms with Gasteiger partial charge in [-0.15, -0.1) is 0 Å². The topological polar surface area (TPSA) is 71.1 Å². The van der Waals surface area contributed by atoms with Crippen LogP contribution in [0.1, 0.15) is 64.2 Å². The number of para-hydroxylation sites is 1. The molecule has 0 atom stereocenters. The van der Waals surface area contributed by atoms with E-state index in [9.17, 15) is 9.59 Å². The molecule has 26 heavy (non-hydrogen) atoms. The molecule has 1 saturated carbocycles. The van der Waals surface area contributed by atoms with Gasteiger partial charge in [-0.3, -0.25) is 9.59 Å². The van der Waals surface area contributed by atoms with E-state index in [2.05, 4.69) is 15.6 Å². The molecule has 0 spiro atoms. The fourth-order valence-corrected chi connectivity index (χ4v) is 3.38. The zero-order valence-corrected chi connectivity index (χ0v) is 15.3. The number of nitrogens with zero attached hydrogens (tertiary/aromatic N) is 1. The highest BCUT2D eigenvalue weighted by atomic mass is 16.2. The van der Waals surface area contributed by atoms with E-state index in [-0.39, 0.29) is 29.2 Å². The molecule has 0 saturated heterocycles. The summed E-state index contributed by atoms with van der Waals surface area (Å²) in [5.74, 6) is -0.520. The number of carbonyl (C=O) groups is 2. The number of aromatic nitrogens is 1. The minimum absolute atomic E-state index is 0.210. The van der Waals surface area contributed by atoms with Crippen LogP contribution in [-0.4, -0.2) is 22.8 Å². The predicted molar refractivity (Wildman–Crippen MR) is 102 cm³/mol. The lowest BCUT2D eigenvalue weighted by molar-refractivity contribution is 0.0922. The van der Waals surface area contributed by atoms with Gasteiger partial charge < -0.3 is 10.6 Å². The molecule has 136 valence electrons. The summed E-state index contributed by atoms with van der Waals surface area (Å²) in [6.45, 7) is 3.90. The summed E-state index contributed by atoms with van der Waals surface area (Å²) in [5, 5.41) is 5.95. The first-order chi connectivity index (χ1) is 12.5. The van der Waals surface area contributed by atoms with Crippen molar-refractivity contribution >= 4 is 17.5 Å². The Labute approximate surface area is 154 Å². The van der Waals surface area contributed by atoms with Crippen molar-refractivity contribution in [1.29, 1.82) is 0 Å². The molecule has 1 aromatic carbocycles. The average molecular weight is 351 g/mol. The molecule has 0 bridgehead atoms. The number of rotatable bonds is 4. The van der Waals surface area contributed by atoms with Gasteiger partial charge >= 0.3 is 0 Å². The SMILES string of the molecule is Cc1cccc(C)c1NC(=O)c1cccc(C(=O)NC2CCCCC2)n1. The molecule has 2 N–H and O–H groups in total. The van der Waals surface area contributed by atoms with E-state index in [1.54, 1.807) is 18.2 Å². The van der Waals surface area contributed by atoms with E-state index in [4.69, 9.17) is 0 Å². The highest BCUT2D eigenvalue weighted by Crippen LogP contribution is 2.20. The lowest BCUT2D eigenvalue weighted by Gasteiger charge is -2.22. The fraction of sp³-hybridized carbons (Fsp3) is 0.381. The lowest BCUT2D eigenvalue weighted by atomic mass is 9.95. The van der Waals surface area contributed by atoms with Crippen molar-refractivity contribution in [3.63, 3.8) is 0 Å². The Kier molecular flexibility index (Phi) is 5.66. The minimum Gasteiger partial charge on any atom is -0.348 e. The van der Waals surface area contributed by atoms with Crippen LogP contribution in [0.2, 0.25) is 0 Å². The number of benzene rings is 1. The van der Waals surface area contributed by atoms with Crippen LogP contribution in [0.25, 0.3) is 0 Å². The van der Waals surface area contributed by atoms with Crippen molar-refractivity contribution in [2.45, 2.75) is 52.0 Å². The van der Waals surface area contributed by atoms with Crippen LogP contribution in [-0.2, 0) is 0 Å². The van der Waals surface area contributed by atoms with Crippen molar-refractivity contribution in [2.75, 3.05) is 5.32 Å². The number of anilines is 1.